The van der Waals surface area contributed by atoms with E-state index < -0.39 is 6.03 Å². The molecule has 3 amide bonds. The van der Waals surface area contributed by atoms with Crippen LogP contribution in [0.4, 0.5) is 14.9 Å². The van der Waals surface area contributed by atoms with E-state index >= 15 is 0 Å². The second-order valence-corrected chi connectivity index (χ2v) is 9.17. The number of halogens is 2. The lowest BCUT2D eigenvalue weighted by atomic mass is 10.2. The molecular formula is C24H25BrFN3O3S. The fourth-order valence-electron chi connectivity index (χ4n) is 3.11. The van der Waals surface area contributed by atoms with Crippen molar-refractivity contribution in [3.8, 4) is 0 Å². The molecule has 1 heterocycles. The van der Waals surface area contributed by atoms with Crippen LogP contribution in [0.25, 0.3) is 0 Å². The highest BCUT2D eigenvalue weighted by molar-refractivity contribution is 9.10. The molecule has 0 saturated carbocycles. The van der Waals surface area contributed by atoms with Gasteiger partial charge in [-0.1, -0.05) is 30.3 Å². The molecule has 174 valence electrons. The number of nitrogens with one attached hydrogen (secondary N) is 1. The van der Waals surface area contributed by atoms with Crippen molar-refractivity contribution in [1.82, 2.24) is 9.80 Å². The zero-order valence-electron chi connectivity index (χ0n) is 18.2. The number of hydrogen-bond acceptors (Lipinski definition) is 4. The molecule has 0 aliphatic rings. The second-order valence-electron chi connectivity index (χ2n) is 7.28. The standard InChI is InChI=1S/C24H25BrFN3O3S/c1-32-13-12-28(24(31)27-22-7-3-2-6-21(22)25)17-23(30)29(16-20-5-4-14-33-20)15-18-8-10-19(26)11-9-18/h2-11,14H,12-13,15-17H2,1H3,(H,27,31). The molecule has 6 nitrogen and oxygen atoms in total. The van der Waals surface area contributed by atoms with Crippen molar-refractivity contribution in [2.75, 3.05) is 32.1 Å². The minimum Gasteiger partial charge on any atom is -0.383 e. The summed E-state index contributed by atoms with van der Waals surface area (Å²) in [6.45, 7) is 1.13. The number of ether oxygens (including phenoxy) is 1. The number of carbonyl (C=O) groups excluding carboxylic acids is 2. The Morgan fingerprint density at radius 3 is 2.45 bits per heavy atom. The maximum absolute atomic E-state index is 13.3. The molecule has 9 heteroatoms. The maximum atomic E-state index is 13.3. The molecule has 0 unspecified atom stereocenters. The maximum Gasteiger partial charge on any atom is 0.322 e. The van der Waals surface area contributed by atoms with E-state index in [2.05, 4.69) is 21.2 Å². The molecule has 0 aliphatic heterocycles. The van der Waals surface area contributed by atoms with Crippen LogP contribution in [-0.4, -0.2) is 48.5 Å². The number of nitrogens with zero attached hydrogens (tertiary/aromatic N) is 2. The number of thiophene rings is 1. The summed E-state index contributed by atoms with van der Waals surface area (Å²) >= 11 is 4.97. The van der Waals surface area contributed by atoms with Gasteiger partial charge in [-0.2, -0.15) is 0 Å². The summed E-state index contributed by atoms with van der Waals surface area (Å²) in [7, 11) is 1.54. The Bertz CT molecular complexity index is 1050. The Morgan fingerprint density at radius 1 is 1.03 bits per heavy atom. The smallest absolute Gasteiger partial charge is 0.322 e. The predicted octanol–water partition coefficient (Wildman–Crippen LogP) is 5.36. The van der Waals surface area contributed by atoms with E-state index in [9.17, 15) is 14.0 Å². The normalized spacial score (nSPS) is 10.6. The van der Waals surface area contributed by atoms with E-state index in [4.69, 9.17) is 4.74 Å². The molecule has 0 radical (unpaired) electrons. The Morgan fingerprint density at radius 2 is 1.79 bits per heavy atom. The molecule has 0 atom stereocenters. The molecule has 1 N–H and O–H groups in total. The molecule has 0 fully saturated rings. The first-order valence-corrected chi connectivity index (χ1v) is 12.0. The average Bonchev–Trinajstić information content (AvgIpc) is 3.32. The van der Waals surface area contributed by atoms with Gasteiger partial charge in [0.25, 0.3) is 0 Å². The number of anilines is 1. The van der Waals surface area contributed by atoms with E-state index in [1.165, 1.54) is 17.0 Å². The number of amides is 3. The number of rotatable bonds is 10. The molecule has 0 bridgehead atoms. The van der Waals surface area contributed by atoms with Gasteiger partial charge in [-0.15, -0.1) is 11.3 Å². The summed E-state index contributed by atoms with van der Waals surface area (Å²) in [4.78, 5) is 30.4. The zero-order chi connectivity index (χ0) is 23.6. The highest BCUT2D eigenvalue weighted by atomic mass is 79.9. The number of urea groups is 1. The van der Waals surface area contributed by atoms with Crippen molar-refractivity contribution in [3.05, 3.63) is 86.8 Å². The van der Waals surface area contributed by atoms with Crippen LogP contribution in [0.2, 0.25) is 0 Å². The van der Waals surface area contributed by atoms with Crippen molar-refractivity contribution < 1.29 is 18.7 Å². The van der Waals surface area contributed by atoms with E-state index in [-0.39, 0.29) is 24.8 Å². The number of carbonyl (C=O) groups is 2. The lowest BCUT2D eigenvalue weighted by Gasteiger charge is -2.28. The summed E-state index contributed by atoms with van der Waals surface area (Å²) < 4.78 is 19.2. The quantitative estimate of drug-likeness (QED) is 0.381. The SMILES string of the molecule is COCCN(CC(=O)N(Cc1ccc(F)cc1)Cc1cccs1)C(=O)Nc1ccccc1Br. The number of methoxy groups -OCH3 is 1. The van der Waals surface area contributed by atoms with Crippen molar-refractivity contribution in [2.45, 2.75) is 13.1 Å². The van der Waals surface area contributed by atoms with E-state index in [1.54, 1.807) is 41.5 Å². The van der Waals surface area contributed by atoms with Gasteiger partial charge in [0.15, 0.2) is 0 Å². The van der Waals surface area contributed by atoms with Crippen LogP contribution >= 0.6 is 27.3 Å². The van der Waals surface area contributed by atoms with Crippen LogP contribution in [0, 0.1) is 5.82 Å². The fourth-order valence-corrected chi connectivity index (χ4v) is 4.21. The monoisotopic (exact) mass is 533 g/mol. The Balaban J connectivity index is 1.75. The summed E-state index contributed by atoms with van der Waals surface area (Å²) in [5.74, 6) is -0.546. The Labute approximate surface area is 205 Å². The van der Waals surface area contributed by atoms with Crippen LogP contribution in [-0.2, 0) is 22.6 Å². The van der Waals surface area contributed by atoms with Gasteiger partial charge in [0, 0.05) is 29.5 Å². The second kappa shape index (κ2) is 12.5. The van der Waals surface area contributed by atoms with Gasteiger partial charge in [-0.05, 0) is 57.2 Å². The first-order chi connectivity index (χ1) is 16.0. The molecule has 0 spiro atoms. The molecular weight excluding hydrogens is 509 g/mol. The van der Waals surface area contributed by atoms with Crippen molar-refractivity contribution in [3.63, 3.8) is 0 Å². The predicted molar refractivity (Wildman–Crippen MR) is 132 cm³/mol. The lowest BCUT2D eigenvalue weighted by Crippen LogP contribution is -2.45. The fraction of sp³-hybridized carbons (Fsp3) is 0.250. The van der Waals surface area contributed by atoms with Crippen molar-refractivity contribution >= 4 is 44.9 Å². The van der Waals surface area contributed by atoms with Crippen LogP contribution < -0.4 is 5.32 Å². The molecule has 33 heavy (non-hydrogen) atoms. The molecule has 3 aromatic rings. The van der Waals surface area contributed by atoms with Crippen LogP contribution in [0.3, 0.4) is 0 Å². The van der Waals surface area contributed by atoms with Gasteiger partial charge in [0.2, 0.25) is 5.91 Å². The minimum absolute atomic E-state index is 0.119. The topological polar surface area (TPSA) is 61.9 Å². The van der Waals surface area contributed by atoms with Gasteiger partial charge in [-0.3, -0.25) is 4.79 Å². The number of para-hydroxylation sites is 1. The Hall–Kier alpha value is -2.75. The molecule has 3 rings (SSSR count). The zero-order valence-corrected chi connectivity index (χ0v) is 20.6. The van der Waals surface area contributed by atoms with Gasteiger partial charge in [0.05, 0.1) is 18.8 Å². The molecule has 0 aliphatic carbocycles. The number of benzene rings is 2. The highest BCUT2D eigenvalue weighted by Crippen LogP contribution is 2.22. The van der Waals surface area contributed by atoms with E-state index in [0.29, 0.717) is 25.4 Å². The molecule has 0 saturated heterocycles. The lowest BCUT2D eigenvalue weighted by molar-refractivity contribution is -0.133. The van der Waals surface area contributed by atoms with E-state index in [1.807, 2.05) is 35.7 Å². The largest absolute Gasteiger partial charge is 0.383 e. The third kappa shape index (κ3) is 7.66. The van der Waals surface area contributed by atoms with Crippen molar-refractivity contribution in [2.24, 2.45) is 0 Å². The first kappa shape index (κ1) is 24.9. The molecule has 1 aromatic heterocycles. The minimum atomic E-state index is -0.398. The van der Waals surface area contributed by atoms with Gasteiger partial charge in [0.1, 0.15) is 12.4 Å². The number of hydrogen-bond donors (Lipinski definition) is 1. The average molecular weight is 534 g/mol. The van der Waals surface area contributed by atoms with Gasteiger partial charge < -0.3 is 19.9 Å². The third-order valence-corrected chi connectivity index (χ3v) is 6.41. The molecule has 2 aromatic carbocycles. The van der Waals surface area contributed by atoms with Gasteiger partial charge >= 0.3 is 6.03 Å². The summed E-state index contributed by atoms with van der Waals surface area (Å²) in [6, 6.07) is 16.8. The van der Waals surface area contributed by atoms with Crippen molar-refractivity contribution in [1.29, 1.82) is 0 Å². The highest BCUT2D eigenvalue weighted by Gasteiger charge is 2.22. The third-order valence-electron chi connectivity index (χ3n) is 4.86. The van der Waals surface area contributed by atoms with Gasteiger partial charge in [-0.25, -0.2) is 9.18 Å². The Kier molecular flexibility index (Phi) is 9.41. The summed E-state index contributed by atoms with van der Waals surface area (Å²) in [5.41, 5.74) is 1.42. The summed E-state index contributed by atoms with van der Waals surface area (Å²) in [6.07, 6.45) is 0. The summed E-state index contributed by atoms with van der Waals surface area (Å²) in [5, 5.41) is 4.79. The van der Waals surface area contributed by atoms with Crippen LogP contribution in [0.15, 0.2) is 70.5 Å². The first-order valence-electron chi connectivity index (χ1n) is 10.3. The van der Waals surface area contributed by atoms with Crippen LogP contribution in [0.5, 0.6) is 0 Å². The van der Waals surface area contributed by atoms with Crippen LogP contribution in [0.1, 0.15) is 10.4 Å². The van der Waals surface area contributed by atoms with E-state index in [0.717, 1.165) is 14.9 Å².